The van der Waals surface area contributed by atoms with Crippen LogP contribution in [-0.4, -0.2) is 75.8 Å². The lowest BCUT2D eigenvalue weighted by atomic mass is 9.91. The molecule has 2 amide bonds. The van der Waals surface area contributed by atoms with E-state index < -0.39 is 18.1 Å². The minimum Gasteiger partial charge on any atom is -0.391 e. The van der Waals surface area contributed by atoms with Crippen LogP contribution >= 0.6 is 11.3 Å². The van der Waals surface area contributed by atoms with Crippen molar-refractivity contribution in [1.29, 1.82) is 0 Å². The fraction of sp³-hybridized carbons (Fsp3) is 0.533. The molecule has 6 atom stereocenters. The van der Waals surface area contributed by atoms with Gasteiger partial charge in [0, 0.05) is 44.2 Å². The number of aromatic nitrogens is 2. The quantitative estimate of drug-likeness (QED) is 0.372. The molecule has 0 aliphatic carbocycles. The molecule has 5 heterocycles. The molecule has 3 saturated heterocycles. The highest BCUT2D eigenvalue weighted by Crippen LogP contribution is 2.35. The summed E-state index contributed by atoms with van der Waals surface area (Å²) in [5, 5.41) is 21.4. The highest BCUT2D eigenvalue weighted by atomic mass is 32.1. The first-order chi connectivity index (χ1) is 19.7. The molecular formula is C30H38N6O4S. The Morgan fingerprint density at radius 1 is 1.17 bits per heavy atom. The Morgan fingerprint density at radius 2 is 1.95 bits per heavy atom. The van der Waals surface area contributed by atoms with Gasteiger partial charge in [0.15, 0.2) is 11.6 Å². The third kappa shape index (κ3) is 5.38. The van der Waals surface area contributed by atoms with E-state index in [9.17, 15) is 14.7 Å². The van der Waals surface area contributed by atoms with Gasteiger partial charge in [0.1, 0.15) is 12.0 Å². The monoisotopic (exact) mass is 578 g/mol. The average molecular weight is 579 g/mol. The number of nitrogens with one attached hydrogen (secondary N) is 2. The number of carbonyl (C=O) groups excluding carboxylic acids is 2. The standard InChI is InChI=1S/C30H38N6O4S/c1-16(2)27(25-11-26(34-40-25)35-13-21-9-22(35)12-31-21)30(39)36-14-23(37)10-24(36)29(38)33-17(3)19-5-7-20(8-6-19)28-18(4)32-15-41-28/h5-8,11,15-17,21-24,27,31,37H,9-10,12-14H2,1-4H3,(H,33,38)/t17-,21-,22-,23+,24-,27?/m0/s1. The highest BCUT2D eigenvalue weighted by molar-refractivity contribution is 7.13. The van der Waals surface area contributed by atoms with Crippen molar-refractivity contribution in [1.82, 2.24) is 25.7 Å². The number of amides is 2. The van der Waals surface area contributed by atoms with E-state index in [0.717, 1.165) is 47.0 Å². The number of piperazine rings is 1. The maximum absolute atomic E-state index is 14.0. The zero-order valence-corrected chi connectivity index (χ0v) is 24.7. The van der Waals surface area contributed by atoms with Crippen molar-refractivity contribution in [2.45, 2.75) is 76.7 Å². The topological polar surface area (TPSA) is 124 Å². The molecule has 0 spiro atoms. The van der Waals surface area contributed by atoms with Crippen LogP contribution in [-0.2, 0) is 9.59 Å². The van der Waals surface area contributed by atoms with E-state index in [2.05, 4.69) is 25.7 Å². The number of aliphatic hydroxyl groups is 1. The number of rotatable bonds is 8. The second kappa shape index (κ2) is 11.2. The van der Waals surface area contributed by atoms with Crippen LogP contribution in [0.3, 0.4) is 0 Å². The van der Waals surface area contributed by atoms with Gasteiger partial charge >= 0.3 is 0 Å². The first-order valence-corrected chi connectivity index (χ1v) is 15.3. The van der Waals surface area contributed by atoms with Gasteiger partial charge < -0.3 is 30.1 Å². The summed E-state index contributed by atoms with van der Waals surface area (Å²) in [4.78, 5) is 36.7. The molecule has 11 heteroatoms. The van der Waals surface area contributed by atoms with Crippen LogP contribution in [0.25, 0.3) is 10.4 Å². The fourth-order valence-corrected chi connectivity index (χ4v) is 7.33. The molecule has 3 aromatic rings. The van der Waals surface area contributed by atoms with Crippen molar-refractivity contribution in [3.05, 3.63) is 52.9 Å². The zero-order valence-electron chi connectivity index (χ0n) is 23.9. The predicted octanol–water partition coefficient (Wildman–Crippen LogP) is 3.24. The summed E-state index contributed by atoms with van der Waals surface area (Å²) in [5.41, 5.74) is 4.88. The van der Waals surface area contributed by atoms with Crippen molar-refractivity contribution in [3.8, 4) is 10.4 Å². The predicted molar refractivity (Wildman–Crippen MR) is 157 cm³/mol. The number of nitrogens with zero attached hydrogens (tertiary/aromatic N) is 4. The summed E-state index contributed by atoms with van der Waals surface area (Å²) < 4.78 is 5.75. The van der Waals surface area contributed by atoms with Crippen LogP contribution in [0.4, 0.5) is 5.82 Å². The van der Waals surface area contributed by atoms with Gasteiger partial charge in [-0.15, -0.1) is 11.3 Å². The summed E-state index contributed by atoms with van der Waals surface area (Å²) in [7, 11) is 0. The SMILES string of the molecule is Cc1ncsc1-c1ccc([C@H](C)NC(=O)[C@@H]2C[C@@H](O)CN2C(=O)C(c2cc(N3C[C@@H]4C[C@H]3CN4)no2)C(C)C)cc1. The van der Waals surface area contributed by atoms with Gasteiger partial charge in [-0.25, -0.2) is 4.98 Å². The number of hydrogen-bond donors (Lipinski definition) is 3. The van der Waals surface area contributed by atoms with E-state index in [4.69, 9.17) is 4.52 Å². The molecule has 41 heavy (non-hydrogen) atoms. The number of carbonyl (C=O) groups is 2. The first kappa shape index (κ1) is 27.9. The van der Waals surface area contributed by atoms with E-state index >= 15 is 0 Å². The van der Waals surface area contributed by atoms with Gasteiger partial charge in [0.25, 0.3) is 0 Å². The number of thiazole rings is 1. The van der Waals surface area contributed by atoms with Crippen LogP contribution in [0.5, 0.6) is 0 Å². The normalized spacial score (nSPS) is 25.2. The van der Waals surface area contributed by atoms with Gasteiger partial charge in [0.05, 0.1) is 28.2 Å². The Hall–Kier alpha value is -3.28. The largest absolute Gasteiger partial charge is 0.391 e. The van der Waals surface area contributed by atoms with Gasteiger partial charge in [-0.3, -0.25) is 9.59 Å². The summed E-state index contributed by atoms with van der Waals surface area (Å²) in [6.07, 6.45) is 0.521. The smallest absolute Gasteiger partial charge is 0.243 e. The molecular weight excluding hydrogens is 540 g/mol. The Bertz CT molecular complexity index is 1400. The average Bonchev–Trinajstić information content (AvgIpc) is 3.77. The molecule has 1 unspecified atom stereocenters. The second-order valence-electron chi connectivity index (χ2n) is 12.0. The number of fused-ring (bicyclic) bond motifs is 2. The molecule has 6 rings (SSSR count). The highest BCUT2D eigenvalue weighted by Gasteiger charge is 2.44. The number of benzene rings is 1. The Kier molecular flexibility index (Phi) is 7.60. The zero-order chi connectivity index (χ0) is 28.8. The molecule has 2 bridgehead atoms. The third-order valence-electron chi connectivity index (χ3n) is 8.75. The number of hydrogen-bond acceptors (Lipinski definition) is 9. The number of likely N-dealkylation sites (tertiary alicyclic amines) is 1. The maximum atomic E-state index is 14.0. The van der Waals surface area contributed by atoms with E-state index in [1.807, 2.05) is 63.5 Å². The lowest BCUT2D eigenvalue weighted by Gasteiger charge is -2.29. The molecule has 3 N–H and O–H groups in total. The summed E-state index contributed by atoms with van der Waals surface area (Å²) in [5.74, 6) is 0.0811. The van der Waals surface area contributed by atoms with E-state index in [-0.39, 0.29) is 36.7 Å². The molecule has 218 valence electrons. The van der Waals surface area contributed by atoms with Gasteiger partial charge in [-0.05, 0) is 37.3 Å². The molecule has 3 aliphatic rings. The van der Waals surface area contributed by atoms with E-state index in [0.29, 0.717) is 17.8 Å². The second-order valence-corrected chi connectivity index (χ2v) is 12.8. The molecule has 3 fully saturated rings. The number of anilines is 1. The van der Waals surface area contributed by atoms with Gasteiger partial charge in [-0.1, -0.05) is 43.3 Å². The van der Waals surface area contributed by atoms with Gasteiger partial charge in [0.2, 0.25) is 11.8 Å². The molecule has 2 aromatic heterocycles. The Labute approximate surface area is 244 Å². The van der Waals surface area contributed by atoms with Crippen LogP contribution in [0.1, 0.15) is 62.6 Å². The summed E-state index contributed by atoms with van der Waals surface area (Å²) >= 11 is 1.60. The minimum atomic E-state index is -0.766. The van der Waals surface area contributed by atoms with Crippen molar-refractivity contribution in [2.24, 2.45) is 5.92 Å². The number of aryl methyl sites for hydroxylation is 1. The molecule has 0 saturated carbocycles. The number of aliphatic hydroxyl groups excluding tert-OH is 1. The van der Waals surface area contributed by atoms with Crippen molar-refractivity contribution in [2.75, 3.05) is 24.5 Å². The van der Waals surface area contributed by atoms with E-state index in [1.165, 1.54) is 4.90 Å². The van der Waals surface area contributed by atoms with Crippen LogP contribution < -0.4 is 15.5 Å². The van der Waals surface area contributed by atoms with Crippen molar-refractivity contribution >= 4 is 29.0 Å². The molecule has 3 aliphatic heterocycles. The van der Waals surface area contributed by atoms with Crippen LogP contribution in [0.2, 0.25) is 0 Å². The molecule has 10 nitrogen and oxygen atoms in total. The van der Waals surface area contributed by atoms with Crippen LogP contribution in [0, 0.1) is 12.8 Å². The van der Waals surface area contributed by atoms with Crippen molar-refractivity contribution in [3.63, 3.8) is 0 Å². The van der Waals surface area contributed by atoms with Crippen molar-refractivity contribution < 1.29 is 19.2 Å². The third-order valence-corrected chi connectivity index (χ3v) is 9.73. The Morgan fingerprint density at radius 3 is 2.59 bits per heavy atom. The minimum absolute atomic E-state index is 0.0823. The van der Waals surface area contributed by atoms with E-state index in [1.54, 1.807) is 11.3 Å². The molecule has 1 aromatic carbocycles. The lowest BCUT2D eigenvalue weighted by molar-refractivity contribution is -0.141. The fourth-order valence-electron chi connectivity index (χ4n) is 6.52. The molecule has 0 radical (unpaired) electrons. The first-order valence-electron chi connectivity index (χ1n) is 14.5. The summed E-state index contributed by atoms with van der Waals surface area (Å²) in [6.45, 7) is 9.77. The summed E-state index contributed by atoms with van der Waals surface area (Å²) in [6, 6.07) is 9.80. The number of β-amino-alcohol motifs (C(OH)–C–C–N with tert-alkyl or cyclic N) is 1. The van der Waals surface area contributed by atoms with Crippen LogP contribution in [0.15, 0.2) is 40.4 Å². The maximum Gasteiger partial charge on any atom is 0.243 e. The lowest BCUT2D eigenvalue weighted by Crippen LogP contribution is -2.48. The Balaban J connectivity index is 1.15. The van der Waals surface area contributed by atoms with Gasteiger partial charge in [-0.2, -0.15) is 0 Å².